The number of rotatable bonds is 9. The molecule has 1 aromatic heterocycles. The Morgan fingerprint density at radius 2 is 2.15 bits per heavy atom. The van der Waals surface area contributed by atoms with Crippen LogP contribution in [0.1, 0.15) is 36.9 Å². The summed E-state index contributed by atoms with van der Waals surface area (Å²) in [5, 5.41) is 3.45. The third-order valence-corrected chi connectivity index (χ3v) is 5.72. The highest BCUT2D eigenvalue weighted by Crippen LogP contribution is 2.22. The standard InChI is InChI=1S/C24H31N5O4/c1-31-21-7-3-2-6-18(21)16-29-12-11-20(17-29)27-22-15-25-19(14-26-22)9-10-23(30)28-33-24-8-4-5-13-32-24/h2-3,6-7,9-10,14-15,20,24H,4-5,8,11-13,16-17H2,1H3,(H,26,27)(H,28,30)/t20-,24?/m1/s1. The fourth-order valence-electron chi connectivity index (χ4n) is 4.00. The highest BCUT2D eigenvalue weighted by Gasteiger charge is 2.23. The Balaban J connectivity index is 1.21. The molecule has 9 heteroatoms. The highest BCUT2D eigenvalue weighted by molar-refractivity contribution is 5.90. The van der Waals surface area contributed by atoms with Gasteiger partial charge in [-0.05, 0) is 31.4 Å². The van der Waals surface area contributed by atoms with E-state index in [4.69, 9.17) is 14.3 Å². The molecule has 0 spiro atoms. The molecule has 2 aromatic rings. The maximum absolute atomic E-state index is 11.9. The minimum atomic E-state index is -0.373. The van der Waals surface area contributed by atoms with E-state index in [0.29, 0.717) is 18.3 Å². The fourth-order valence-corrected chi connectivity index (χ4v) is 4.00. The molecule has 0 radical (unpaired) electrons. The van der Waals surface area contributed by atoms with E-state index in [1.165, 1.54) is 11.6 Å². The average molecular weight is 454 g/mol. The van der Waals surface area contributed by atoms with Crippen molar-refractivity contribution in [3.8, 4) is 5.75 Å². The lowest BCUT2D eigenvalue weighted by atomic mass is 10.2. The molecule has 2 atom stereocenters. The van der Waals surface area contributed by atoms with E-state index >= 15 is 0 Å². The minimum absolute atomic E-state index is 0.306. The molecule has 4 rings (SSSR count). The molecule has 2 aliphatic rings. The van der Waals surface area contributed by atoms with Gasteiger partial charge in [0.25, 0.3) is 5.91 Å². The van der Waals surface area contributed by atoms with Crippen molar-refractivity contribution in [1.29, 1.82) is 0 Å². The van der Waals surface area contributed by atoms with E-state index in [1.54, 1.807) is 25.6 Å². The lowest BCUT2D eigenvalue weighted by Gasteiger charge is -2.21. The lowest BCUT2D eigenvalue weighted by Crippen LogP contribution is -2.32. The minimum Gasteiger partial charge on any atom is -0.496 e. The van der Waals surface area contributed by atoms with Crippen molar-refractivity contribution in [2.75, 3.05) is 32.1 Å². The quantitative estimate of drug-likeness (QED) is 0.442. The molecule has 1 unspecified atom stereocenters. The van der Waals surface area contributed by atoms with Crippen molar-refractivity contribution < 1.29 is 19.1 Å². The van der Waals surface area contributed by atoms with Crippen LogP contribution < -0.4 is 15.5 Å². The summed E-state index contributed by atoms with van der Waals surface area (Å²) in [6.45, 7) is 3.45. The first kappa shape index (κ1) is 23.2. The van der Waals surface area contributed by atoms with Crippen LogP contribution in [0.4, 0.5) is 5.82 Å². The normalized spacial score (nSPS) is 21.2. The molecule has 3 heterocycles. The second-order valence-electron chi connectivity index (χ2n) is 8.22. The molecule has 9 nitrogen and oxygen atoms in total. The number of para-hydroxylation sites is 1. The number of nitrogens with one attached hydrogen (secondary N) is 2. The molecule has 2 fully saturated rings. The van der Waals surface area contributed by atoms with Gasteiger partial charge in [-0.1, -0.05) is 18.2 Å². The largest absolute Gasteiger partial charge is 0.496 e. The van der Waals surface area contributed by atoms with Gasteiger partial charge in [0.05, 0.1) is 25.2 Å². The summed E-state index contributed by atoms with van der Waals surface area (Å²) in [5.74, 6) is 1.28. The zero-order valence-electron chi connectivity index (χ0n) is 18.9. The molecule has 2 N–H and O–H groups in total. The van der Waals surface area contributed by atoms with Crippen LogP contribution in [-0.2, 0) is 20.9 Å². The fraction of sp³-hybridized carbons (Fsp3) is 0.458. The summed E-state index contributed by atoms with van der Waals surface area (Å²) in [6.07, 6.45) is 9.79. The first-order chi connectivity index (χ1) is 16.2. The van der Waals surface area contributed by atoms with Crippen LogP contribution in [0.15, 0.2) is 42.7 Å². The predicted octanol–water partition coefficient (Wildman–Crippen LogP) is 2.76. The number of benzene rings is 1. The molecule has 1 amide bonds. The molecule has 0 bridgehead atoms. The molecule has 176 valence electrons. The van der Waals surface area contributed by atoms with Crippen molar-refractivity contribution in [1.82, 2.24) is 20.3 Å². The molecular formula is C24H31N5O4. The van der Waals surface area contributed by atoms with Crippen molar-refractivity contribution >= 4 is 17.8 Å². The number of anilines is 1. The first-order valence-electron chi connectivity index (χ1n) is 11.4. The van der Waals surface area contributed by atoms with Gasteiger partial charge >= 0.3 is 0 Å². The molecule has 0 aliphatic carbocycles. The summed E-state index contributed by atoms with van der Waals surface area (Å²) in [5.41, 5.74) is 4.17. The summed E-state index contributed by atoms with van der Waals surface area (Å²) in [7, 11) is 1.71. The number of carbonyl (C=O) groups excluding carboxylic acids is 1. The molecule has 1 aromatic carbocycles. The number of likely N-dealkylation sites (tertiary alicyclic amines) is 1. The van der Waals surface area contributed by atoms with Crippen LogP contribution in [-0.4, -0.2) is 59.9 Å². The van der Waals surface area contributed by atoms with Gasteiger partial charge in [0.1, 0.15) is 11.6 Å². The third kappa shape index (κ3) is 6.98. The molecular weight excluding hydrogens is 422 g/mol. The van der Waals surface area contributed by atoms with Gasteiger partial charge in [0.15, 0.2) is 6.29 Å². The van der Waals surface area contributed by atoms with E-state index < -0.39 is 0 Å². The average Bonchev–Trinajstić information content (AvgIpc) is 3.30. The van der Waals surface area contributed by atoms with Gasteiger partial charge in [0.2, 0.25) is 0 Å². The number of ether oxygens (including phenoxy) is 2. The predicted molar refractivity (Wildman–Crippen MR) is 124 cm³/mol. The maximum atomic E-state index is 11.9. The topological polar surface area (TPSA) is 97.8 Å². The summed E-state index contributed by atoms with van der Waals surface area (Å²) in [4.78, 5) is 28.4. The number of amides is 1. The zero-order valence-corrected chi connectivity index (χ0v) is 18.9. The first-order valence-corrected chi connectivity index (χ1v) is 11.4. The Kier molecular flexibility index (Phi) is 8.24. The van der Waals surface area contributed by atoms with Gasteiger partial charge < -0.3 is 14.8 Å². The molecule has 33 heavy (non-hydrogen) atoms. The van der Waals surface area contributed by atoms with Gasteiger partial charge in [-0.25, -0.2) is 15.3 Å². The van der Waals surface area contributed by atoms with Gasteiger partial charge in [-0.15, -0.1) is 0 Å². The second kappa shape index (κ2) is 11.7. The van der Waals surface area contributed by atoms with E-state index in [9.17, 15) is 4.79 Å². The third-order valence-electron chi connectivity index (χ3n) is 5.72. The van der Waals surface area contributed by atoms with Gasteiger partial charge in [-0.2, -0.15) is 0 Å². The summed E-state index contributed by atoms with van der Waals surface area (Å²) >= 11 is 0. The SMILES string of the molecule is COc1ccccc1CN1CC[C@@H](Nc2cnc(C=CC(=O)NOC3CCCCO3)cn2)C1. The Bertz CT molecular complexity index is 931. The number of hydrogen-bond donors (Lipinski definition) is 2. The Morgan fingerprint density at radius 1 is 1.24 bits per heavy atom. The van der Waals surface area contributed by atoms with Crippen molar-refractivity contribution in [3.05, 3.63) is 54.0 Å². The number of nitrogens with zero attached hydrogens (tertiary/aromatic N) is 3. The molecule has 2 saturated heterocycles. The van der Waals surface area contributed by atoms with Crippen molar-refractivity contribution in [2.24, 2.45) is 0 Å². The van der Waals surface area contributed by atoms with E-state index in [1.807, 2.05) is 18.2 Å². The second-order valence-corrected chi connectivity index (χ2v) is 8.22. The number of aromatic nitrogens is 2. The van der Waals surface area contributed by atoms with Crippen LogP contribution in [0.3, 0.4) is 0 Å². The van der Waals surface area contributed by atoms with Crippen LogP contribution in [0, 0.1) is 0 Å². The monoisotopic (exact) mass is 453 g/mol. The summed E-state index contributed by atoms with van der Waals surface area (Å²) in [6, 6.07) is 8.43. The van der Waals surface area contributed by atoms with Gasteiger partial charge in [-0.3, -0.25) is 14.7 Å². The highest BCUT2D eigenvalue weighted by atomic mass is 16.8. The maximum Gasteiger partial charge on any atom is 0.267 e. The number of hydroxylamine groups is 1. The number of carbonyl (C=O) groups is 1. The van der Waals surface area contributed by atoms with Crippen molar-refractivity contribution in [3.63, 3.8) is 0 Å². The van der Waals surface area contributed by atoms with Gasteiger partial charge in [0, 0.05) is 50.3 Å². The van der Waals surface area contributed by atoms with E-state index in [2.05, 4.69) is 31.7 Å². The van der Waals surface area contributed by atoms with Crippen LogP contribution in [0.2, 0.25) is 0 Å². The Morgan fingerprint density at radius 3 is 2.94 bits per heavy atom. The molecule has 0 saturated carbocycles. The summed E-state index contributed by atoms with van der Waals surface area (Å²) < 4.78 is 10.9. The van der Waals surface area contributed by atoms with E-state index in [-0.39, 0.29) is 12.2 Å². The Hall–Kier alpha value is -3.01. The van der Waals surface area contributed by atoms with Crippen LogP contribution in [0.25, 0.3) is 6.08 Å². The lowest BCUT2D eigenvalue weighted by molar-refractivity contribution is -0.198. The van der Waals surface area contributed by atoms with Crippen LogP contribution in [0.5, 0.6) is 5.75 Å². The Labute approximate surface area is 194 Å². The van der Waals surface area contributed by atoms with Crippen LogP contribution >= 0.6 is 0 Å². The zero-order chi connectivity index (χ0) is 22.9. The number of methoxy groups -OCH3 is 1. The molecule has 2 aliphatic heterocycles. The smallest absolute Gasteiger partial charge is 0.267 e. The van der Waals surface area contributed by atoms with E-state index in [0.717, 1.165) is 56.9 Å². The number of hydrogen-bond acceptors (Lipinski definition) is 8. The van der Waals surface area contributed by atoms with Crippen molar-refractivity contribution in [2.45, 2.75) is 44.6 Å².